The van der Waals surface area contributed by atoms with Gasteiger partial charge in [-0.3, -0.25) is 9.59 Å². The first-order valence-corrected chi connectivity index (χ1v) is 28.4. The average molecular weight is 891 g/mol. The first-order valence-electron chi connectivity index (χ1n) is 28.4. The third-order valence-corrected chi connectivity index (χ3v) is 13.3. The number of ether oxygens (including phenoxy) is 1. The van der Waals surface area contributed by atoms with E-state index in [2.05, 4.69) is 38.2 Å². The van der Waals surface area contributed by atoms with Crippen molar-refractivity contribution < 1.29 is 24.5 Å². The smallest absolute Gasteiger partial charge is 0.306 e. The van der Waals surface area contributed by atoms with Gasteiger partial charge in [-0.2, -0.15) is 0 Å². The third kappa shape index (κ3) is 46.9. The minimum absolute atomic E-state index is 0.0817. The Morgan fingerprint density at radius 3 is 1.13 bits per heavy atom. The van der Waals surface area contributed by atoms with Crippen molar-refractivity contribution in [2.75, 3.05) is 6.61 Å². The van der Waals surface area contributed by atoms with E-state index in [-0.39, 0.29) is 24.9 Å². The highest BCUT2D eigenvalue weighted by Gasteiger charge is 2.24. The predicted molar refractivity (Wildman–Crippen MR) is 273 cm³/mol. The zero-order chi connectivity index (χ0) is 45.9. The molecule has 0 spiro atoms. The van der Waals surface area contributed by atoms with Crippen LogP contribution in [-0.4, -0.2) is 46.9 Å². The van der Waals surface area contributed by atoms with E-state index < -0.39 is 18.2 Å². The Hall–Kier alpha value is -1.40. The van der Waals surface area contributed by atoms with E-state index in [0.29, 0.717) is 19.3 Å². The van der Waals surface area contributed by atoms with Crippen molar-refractivity contribution in [1.82, 2.24) is 5.32 Å². The maximum Gasteiger partial charge on any atom is 0.306 e. The quantitative estimate of drug-likeness (QED) is 0.0321. The lowest BCUT2D eigenvalue weighted by atomic mass is 10.0. The molecule has 0 aliphatic carbocycles. The molecule has 0 saturated carbocycles. The van der Waals surface area contributed by atoms with Crippen molar-refractivity contribution in [2.24, 2.45) is 0 Å². The molecule has 0 aromatic rings. The minimum Gasteiger partial charge on any atom is -0.462 e. The van der Waals surface area contributed by atoms with Gasteiger partial charge >= 0.3 is 5.97 Å². The molecule has 0 bridgehead atoms. The topological polar surface area (TPSA) is 95.9 Å². The van der Waals surface area contributed by atoms with Gasteiger partial charge in [0.25, 0.3) is 0 Å². The van der Waals surface area contributed by atoms with Crippen molar-refractivity contribution in [3.8, 4) is 0 Å². The molecule has 3 N–H and O–H groups in total. The van der Waals surface area contributed by atoms with E-state index in [1.54, 1.807) is 0 Å². The molecule has 0 aromatic heterocycles. The molecule has 0 aromatic carbocycles. The molecular formula is C57H111NO5. The van der Waals surface area contributed by atoms with Gasteiger partial charge in [-0.05, 0) is 51.4 Å². The predicted octanol–water partition coefficient (Wildman–Crippen LogP) is 17.3. The van der Waals surface area contributed by atoms with Crippen LogP contribution in [0.15, 0.2) is 12.2 Å². The fraction of sp³-hybridized carbons (Fsp3) is 0.930. The van der Waals surface area contributed by atoms with Crippen LogP contribution in [0.3, 0.4) is 0 Å². The first-order chi connectivity index (χ1) is 31.0. The second-order valence-electron chi connectivity index (χ2n) is 19.7. The Balaban J connectivity index is 4.44. The molecule has 0 fully saturated rings. The summed E-state index contributed by atoms with van der Waals surface area (Å²) in [5, 5.41) is 23.8. The first kappa shape index (κ1) is 61.6. The van der Waals surface area contributed by atoms with Crippen LogP contribution < -0.4 is 5.32 Å². The molecule has 1 amide bonds. The van der Waals surface area contributed by atoms with Gasteiger partial charge in [-0.25, -0.2) is 0 Å². The number of aliphatic hydroxyl groups excluding tert-OH is 2. The number of esters is 1. The number of carbonyl (C=O) groups is 2. The minimum atomic E-state index is -0.783. The van der Waals surface area contributed by atoms with E-state index in [9.17, 15) is 19.8 Å². The Morgan fingerprint density at radius 1 is 0.444 bits per heavy atom. The van der Waals surface area contributed by atoms with Gasteiger partial charge in [0.2, 0.25) is 5.91 Å². The third-order valence-electron chi connectivity index (χ3n) is 13.3. The number of hydrogen-bond acceptors (Lipinski definition) is 5. The van der Waals surface area contributed by atoms with Crippen LogP contribution in [-0.2, 0) is 14.3 Å². The van der Waals surface area contributed by atoms with E-state index in [0.717, 1.165) is 51.4 Å². The van der Waals surface area contributed by atoms with Crippen molar-refractivity contribution >= 4 is 11.9 Å². The molecule has 0 rings (SSSR count). The lowest BCUT2D eigenvalue weighted by Crippen LogP contribution is -2.46. The fourth-order valence-electron chi connectivity index (χ4n) is 9.02. The Kier molecular flexibility index (Phi) is 50.4. The summed E-state index contributed by atoms with van der Waals surface area (Å²) in [5.41, 5.74) is 0. The molecule has 3 unspecified atom stereocenters. The molecule has 0 radical (unpaired) electrons. The molecule has 374 valence electrons. The summed E-state index contributed by atoms with van der Waals surface area (Å²) in [6.07, 6.45) is 58.5. The maximum atomic E-state index is 13.2. The van der Waals surface area contributed by atoms with Crippen LogP contribution in [0.25, 0.3) is 0 Å². The summed E-state index contributed by atoms with van der Waals surface area (Å²) < 4.78 is 5.95. The summed E-state index contributed by atoms with van der Waals surface area (Å²) >= 11 is 0. The number of aliphatic hydroxyl groups is 2. The van der Waals surface area contributed by atoms with E-state index in [4.69, 9.17) is 4.74 Å². The molecule has 0 saturated heterocycles. The van der Waals surface area contributed by atoms with Crippen molar-refractivity contribution in [1.29, 1.82) is 0 Å². The van der Waals surface area contributed by atoms with Crippen molar-refractivity contribution in [3.63, 3.8) is 0 Å². The van der Waals surface area contributed by atoms with Crippen LogP contribution in [0.4, 0.5) is 0 Å². The van der Waals surface area contributed by atoms with Crippen LogP contribution in [0, 0.1) is 0 Å². The number of unbranched alkanes of at least 4 members (excludes halogenated alkanes) is 38. The number of hydrogen-bond donors (Lipinski definition) is 3. The number of carbonyl (C=O) groups excluding carboxylic acids is 2. The average Bonchev–Trinajstić information content (AvgIpc) is 3.28. The van der Waals surface area contributed by atoms with Crippen LogP contribution in [0.1, 0.15) is 316 Å². The summed E-state index contributed by atoms with van der Waals surface area (Å²) in [7, 11) is 0. The molecule has 6 heteroatoms. The van der Waals surface area contributed by atoms with Gasteiger partial charge in [-0.15, -0.1) is 0 Å². The zero-order valence-corrected chi connectivity index (χ0v) is 42.7. The Morgan fingerprint density at radius 2 is 0.762 bits per heavy atom. The van der Waals surface area contributed by atoms with Gasteiger partial charge in [0, 0.05) is 6.42 Å². The monoisotopic (exact) mass is 890 g/mol. The highest BCUT2D eigenvalue weighted by Crippen LogP contribution is 2.19. The normalized spacial score (nSPS) is 13.2. The molecule has 0 aliphatic rings. The van der Waals surface area contributed by atoms with Gasteiger partial charge in [0.05, 0.1) is 25.2 Å². The van der Waals surface area contributed by atoms with Gasteiger partial charge in [0.15, 0.2) is 0 Å². The second-order valence-corrected chi connectivity index (χ2v) is 19.7. The Labute approximate surface area is 393 Å². The second kappa shape index (κ2) is 51.6. The number of rotatable bonds is 52. The molecule has 0 aliphatic heterocycles. The zero-order valence-electron chi connectivity index (χ0n) is 42.7. The molecular weight excluding hydrogens is 779 g/mol. The molecule has 63 heavy (non-hydrogen) atoms. The maximum absolute atomic E-state index is 13.2. The fourth-order valence-corrected chi connectivity index (χ4v) is 9.02. The van der Waals surface area contributed by atoms with Crippen LogP contribution >= 0.6 is 0 Å². The van der Waals surface area contributed by atoms with Gasteiger partial charge < -0.3 is 20.3 Å². The van der Waals surface area contributed by atoms with Crippen LogP contribution in [0.5, 0.6) is 0 Å². The standard InChI is InChI=1S/C57H111NO5/c1-4-7-10-13-16-19-22-24-26-27-28-30-32-35-38-41-44-47-50-57(62)63-53(48-45-42-39-36-33-21-18-15-12-9-6-3)51-56(61)58-54(52-59)55(60)49-46-43-40-37-34-31-29-25-23-20-17-14-11-8-5-2/h28,30,53-55,59-60H,4-27,29,31-52H2,1-3H3,(H,58,61)/b30-28+. The lowest BCUT2D eigenvalue weighted by Gasteiger charge is -2.24. The van der Waals surface area contributed by atoms with E-state index in [1.165, 1.54) is 218 Å². The Bertz CT molecular complexity index is 955. The van der Waals surface area contributed by atoms with Gasteiger partial charge in [-0.1, -0.05) is 264 Å². The lowest BCUT2D eigenvalue weighted by molar-refractivity contribution is -0.151. The van der Waals surface area contributed by atoms with Crippen molar-refractivity contribution in [2.45, 2.75) is 334 Å². The number of nitrogens with one attached hydrogen (secondary N) is 1. The summed E-state index contributed by atoms with van der Waals surface area (Å²) in [6, 6.07) is -0.697. The van der Waals surface area contributed by atoms with Crippen LogP contribution in [0.2, 0.25) is 0 Å². The van der Waals surface area contributed by atoms with Crippen molar-refractivity contribution in [3.05, 3.63) is 12.2 Å². The summed E-state index contributed by atoms with van der Waals surface area (Å²) in [6.45, 7) is 6.52. The van der Waals surface area contributed by atoms with E-state index >= 15 is 0 Å². The highest BCUT2D eigenvalue weighted by atomic mass is 16.5. The molecule has 0 heterocycles. The summed E-state index contributed by atoms with van der Waals surface area (Å²) in [4.78, 5) is 26.2. The van der Waals surface area contributed by atoms with E-state index in [1.807, 2.05) is 0 Å². The molecule has 3 atom stereocenters. The van der Waals surface area contributed by atoms with Gasteiger partial charge in [0.1, 0.15) is 6.10 Å². The number of amides is 1. The largest absolute Gasteiger partial charge is 0.462 e. The molecule has 6 nitrogen and oxygen atoms in total. The SMILES string of the molecule is CCCCCCCCCCC/C=C/CCCCCCCC(=O)OC(CCCCCCCCCCCCC)CC(=O)NC(CO)C(O)CCCCCCCCCCCCCCCCC. The highest BCUT2D eigenvalue weighted by molar-refractivity contribution is 5.77. The number of allylic oxidation sites excluding steroid dienone is 2. The summed E-state index contributed by atoms with van der Waals surface area (Å²) in [5.74, 6) is -0.463.